The molecule has 1 aromatic rings. The van der Waals surface area contributed by atoms with Gasteiger partial charge in [0.05, 0.1) is 25.4 Å². The number of β-amino-alcohol motifs (C(OH)–C–C–N with tert-alkyl or cyclic N) is 2. The van der Waals surface area contributed by atoms with Gasteiger partial charge in [0.1, 0.15) is 18.4 Å². The van der Waals surface area contributed by atoms with Crippen LogP contribution in [-0.2, 0) is 11.3 Å². The molecule has 0 saturated carbocycles. The van der Waals surface area contributed by atoms with E-state index in [1.807, 2.05) is 26.0 Å². The van der Waals surface area contributed by atoms with E-state index in [4.69, 9.17) is 4.74 Å². The Labute approximate surface area is 166 Å². The minimum absolute atomic E-state index is 0.0623. The first kappa shape index (κ1) is 23.2. The number of likely N-dealkylation sites (tertiary alicyclic amines) is 1. The highest BCUT2D eigenvalue weighted by Crippen LogP contribution is 2.16. The molecular weight excluding hydrogens is 365 g/mol. The number of aryl methyl sites for hydroxylation is 2. The fourth-order valence-corrected chi connectivity index (χ4v) is 3.55. The highest BCUT2D eigenvalue weighted by atomic mass is 19.1. The smallest absolute Gasteiger partial charge is 0.123 e. The lowest BCUT2D eigenvalue weighted by molar-refractivity contribution is -0.0894. The van der Waals surface area contributed by atoms with Gasteiger partial charge in [0.25, 0.3) is 0 Å². The molecule has 7 heteroatoms. The number of nitrogens with zero attached hydrogens (tertiary/aromatic N) is 1. The summed E-state index contributed by atoms with van der Waals surface area (Å²) in [6, 6.07) is 6.11. The lowest BCUT2D eigenvalue weighted by atomic mass is 10.1. The van der Waals surface area contributed by atoms with Crippen molar-refractivity contribution in [3.8, 4) is 0 Å². The summed E-state index contributed by atoms with van der Waals surface area (Å²) in [5.41, 5.74) is 3.41. The third kappa shape index (κ3) is 7.06. The first-order chi connectivity index (χ1) is 13.3. The van der Waals surface area contributed by atoms with Crippen molar-refractivity contribution in [2.75, 3.05) is 26.2 Å². The van der Waals surface area contributed by atoms with Gasteiger partial charge < -0.3 is 25.2 Å². The molecule has 1 heterocycles. The summed E-state index contributed by atoms with van der Waals surface area (Å²) in [4.78, 5) is 1.79. The zero-order chi connectivity index (χ0) is 20.7. The van der Waals surface area contributed by atoms with E-state index in [0.717, 1.165) is 11.1 Å². The molecule has 0 amide bonds. The van der Waals surface area contributed by atoms with Gasteiger partial charge >= 0.3 is 0 Å². The summed E-state index contributed by atoms with van der Waals surface area (Å²) in [7, 11) is 0. The SMILES string of the molecule is Cc1ccc(COCC(F)CCCCN2C[C@H](O)[C@@H](O)[C@H](O)[C@@H](O)C2)c(C)c1. The molecule has 0 spiro atoms. The largest absolute Gasteiger partial charge is 0.389 e. The topological polar surface area (TPSA) is 93.4 Å². The van der Waals surface area contributed by atoms with Gasteiger partial charge in [-0.2, -0.15) is 0 Å². The van der Waals surface area contributed by atoms with Crippen molar-refractivity contribution in [1.82, 2.24) is 4.90 Å². The van der Waals surface area contributed by atoms with E-state index in [1.165, 1.54) is 5.56 Å². The van der Waals surface area contributed by atoms with Gasteiger partial charge in [-0.25, -0.2) is 4.39 Å². The number of aliphatic hydroxyl groups is 4. The Morgan fingerprint density at radius 1 is 1.07 bits per heavy atom. The Bertz CT molecular complexity index is 586. The van der Waals surface area contributed by atoms with Gasteiger partial charge in [0.2, 0.25) is 0 Å². The molecule has 1 saturated heterocycles. The van der Waals surface area contributed by atoms with Gasteiger partial charge in [-0.15, -0.1) is 0 Å². The van der Waals surface area contributed by atoms with Crippen LogP contribution in [0.25, 0.3) is 0 Å². The highest BCUT2D eigenvalue weighted by Gasteiger charge is 2.35. The summed E-state index contributed by atoms with van der Waals surface area (Å²) in [6.07, 6.45) is -4.23. The third-order valence-electron chi connectivity index (χ3n) is 5.32. The number of alkyl halides is 1. The maximum atomic E-state index is 14.0. The fraction of sp³-hybridized carbons (Fsp3) is 0.714. The van der Waals surface area contributed by atoms with E-state index in [-0.39, 0.29) is 19.7 Å². The Balaban J connectivity index is 1.62. The molecule has 0 aromatic heterocycles. The highest BCUT2D eigenvalue weighted by molar-refractivity contribution is 5.29. The number of rotatable bonds is 9. The Morgan fingerprint density at radius 3 is 2.32 bits per heavy atom. The second-order valence-corrected chi connectivity index (χ2v) is 7.91. The fourth-order valence-electron chi connectivity index (χ4n) is 3.55. The van der Waals surface area contributed by atoms with E-state index >= 15 is 0 Å². The zero-order valence-electron chi connectivity index (χ0n) is 16.8. The molecule has 1 aliphatic heterocycles. The Kier molecular flexibility index (Phi) is 9.27. The van der Waals surface area contributed by atoms with Crippen molar-refractivity contribution >= 4 is 0 Å². The molecule has 160 valence electrons. The molecule has 5 atom stereocenters. The number of hydrogen-bond acceptors (Lipinski definition) is 6. The van der Waals surface area contributed by atoms with Gasteiger partial charge in [0, 0.05) is 13.1 Å². The van der Waals surface area contributed by atoms with Crippen molar-refractivity contribution in [3.05, 3.63) is 34.9 Å². The van der Waals surface area contributed by atoms with Gasteiger partial charge in [-0.1, -0.05) is 23.8 Å². The van der Waals surface area contributed by atoms with E-state index in [9.17, 15) is 24.8 Å². The number of hydrogen-bond donors (Lipinski definition) is 4. The predicted octanol–water partition coefficient (Wildman–Crippen LogP) is 1.09. The van der Waals surface area contributed by atoms with Crippen LogP contribution < -0.4 is 0 Å². The number of unbranched alkanes of at least 4 members (excludes halogenated alkanes) is 1. The minimum atomic E-state index is -1.36. The molecule has 0 bridgehead atoms. The first-order valence-electron chi connectivity index (χ1n) is 10.0. The molecule has 0 aliphatic carbocycles. The average molecular weight is 400 g/mol. The maximum absolute atomic E-state index is 14.0. The molecule has 1 aromatic carbocycles. The lowest BCUT2D eigenvalue weighted by Gasteiger charge is -2.23. The van der Waals surface area contributed by atoms with Crippen LogP contribution in [-0.4, -0.2) is 82.2 Å². The zero-order valence-corrected chi connectivity index (χ0v) is 16.8. The van der Waals surface area contributed by atoms with Crippen LogP contribution in [0.3, 0.4) is 0 Å². The Morgan fingerprint density at radius 2 is 1.71 bits per heavy atom. The Hall–Kier alpha value is -1.09. The van der Waals surface area contributed by atoms with Crippen molar-refractivity contribution in [2.45, 2.75) is 70.3 Å². The second-order valence-electron chi connectivity index (χ2n) is 7.91. The molecule has 0 radical (unpaired) electrons. The standard InChI is InChI=1S/C21H34FNO5/c1-14-6-7-16(15(2)9-14)12-28-13-17(22)5-3-4-8-23-10-18(24)20(26)21(27)19(25)11-23/h6-7,9,17-21,24-27H,3-5,8,10-13H2,1-2H3/t17?,18-,19-,20+,21+/m0/s1. The minimum Gasteiger partial charge on any atom is -0.389 e. The van der Waals surface area contributed by atoms with Gasteiger partial charge in [0.15, 0.2) is 0 Å². The van der Waals surface area contributed by atoms with Crippen molar-refractivity contribution < 1.29 is 29.6 Å². The number of aliphatic hydroxyl groups excluding tert-OH is 4. The number of ether oxygens (including phenoxy) is 1. The van der Waals surface area contributed by atoms with E-state index < -0.39 is 30.6 Å². The predicted molar refractivity (Wildman–Crippen MR) is 105 cm³/mol. The molecule has 6 nitrogen and oxygen atoms in total. The number of halogens is 1. The van der Waals surface area contributed by atoms with Crippen LogP contribution in [0, 0.1) is 13.8 Å². The van der Waals surface area contributed by atoms with E-state index in [1.54, 1.807) is 4.90 Å². The van der Waals surface area contributed by atoms with E-state index in [0.29, 0.717) is 32.4 Å². The van der Waals surface area contributed by atoms with Crippen LogP contribution in [0.15, 0.2) is 18.2 Å². The van der Waals surface area contributed by atoms with Gasteiger partial charge in [-0.3, -0.25) is 4.90 Å². The van der Waals surface area contributed by atoms with E-state index in [2.05, 4.69) is 6.07 Å². The summed E-state index contributed by atoms with van der Waals surface area (Å²) >= 11 is 0. The van der Waals surface area contributed by atoms with Crippen LogP contribution in [0.4, 0.5) is 4.39 Å². The summed E-state index contributed by atoms with van der Waals surface area (Å²) in [5.74, 6) is 0. The molecular formula is C21H34FNO5. The molecule has 1 fully saturated rings. The molecule has 1 unspecified atom stereocenters. The lowest BCUT2D eigenvalue weighted by Crippen LogP contribution is -2.43. The second kappa shape index (κ2) is 11.2. The van der Waals surface area contributed by atoms with Crippen molar-refractivity contribution in [3.63, 3.8) is 0 Å². The quantitative estimate of drug-likeness (QED) is 0.465. The van der Waals surface area contributed by atoms with Crippen LogP contribution in [0.1, 0.15) is 36.0 Å². The third-order valence-corrected chi connectivity index (χ3v) is 5.32. The monoisotopic (exact) mass is 399 g/mol. The summed E-state index contributed by atoms with van der Waals surface area (Å²) < 4.78 is 19.6. The summed E-state index contributed by atoms with van der Waals surface area (Å²) in [5, 5.41) is 39.1. The number of benzene rings is 1. The molecule has 28 heavy (non-hydrogen) atoms. The summed E-state index contributed by atoms with van der Waals surface area (Å²) in [6.45, 7) is 5.43. The molecule has 4 N–H and O–H groups in total. The average Bonchev–Trinajstić information content (AvgIpc) is 2.73. The van der Waals surface area contributed by atoms with Crippen molar-refractivity contribution in [2.24, 2.45) is 0 Å². The molecule has 1 aliphatic rings. The maximum Gasteiger partial charge on any atom is 0.123 e. The first-order valence-corrected chi connectivity index (χ1v) is 10.0. The van der Waals surface area contributed by atoms with Crippen LogP contribution in [0.2, 0.25) is 0 Å². The van der Waals surface area contributed by atoms with Gasteiger partial charge in [-0.05, 0) is 50.8 Å². The van der Waals surface area contributed by atoms with Crippen LogP contribution in [0.5, 0.6) is 0 Å². The normalized spacial score (nSPS) is 27.5. The molecule has 2 rings (SSSR count). The van der Waals surface area contributed by atoms with Crippen molar-refractivity contribution in [1.29, 1.82) is 0 Å². The van der Waals surface area contributed by atoms with Crippen LogP contribution >= 0.6 is 0 Å².